The van der Waals surface area contributed by atoms with Crippen molar-refractivity contribution >= 4 is 17.3 Å². The zero-order valence-electron chi connectivity index (χ0n) is 11.7. The van der Waals surface area contributed by atoms with E-state index in [0.717, 1.165) is 29.8 Å². The van der Waals surface area contributed by atoms with Crippen LogP contribution in [0.25, 0.3) is 11.1 Å². The number of nitrogens with two attached hydrogens (primary N) is 1. The Bertz CT molecular complexity index is 627. The standard InChI is InChI=1S/C16H18ClN3O/c17-16-15(11-3-1-4-12(18)7-11)8-14(9-20-16)21-10-13-5-2-6-19-13/h1,3-4,7-9,13,19H,2,5-6,10,18H2/t13-/m1/s1. The van der Waals surface area contributed by atoms with Gasteiger partial charge in [0.2, 0.25) is 0 Å². The summed E-state index contributed by atoms with van der Waals surface area (Å²) in [4.78, 5) is 4.21. The lowest BCUT2D eigenvalue weighted by molar-refractivity contribution is 0.276. The molecule has 0 amide bonds. The van der Waals surface area contributed by atoms with Crippen LogP contribution in [-0.2, 0) is 0 Å². The van der Waals surface area contributed by atoms with E-state index in [9.17, 15) is 0 Å². The number of nitrogen functional groups attached to an aromatic ring is 1. The lowest BCUT2D eigenvalue weighted by Crippen LogP contribution is -2.28. The van der Waals surface area contributed by atoms with Gasteiger partial charge in [0.1, 0.15) is 17.5 Å². The molecule has 0 bridgehead atoms. The second-order valence-electron chi connectivity index (χ2n) is 5.24. The first kappa shape index (κ1) is 14.2. The zero-order valence-corrected chi connectivity index (χ0v) is 12.4. The Labute approximate surface area is 129 Å². The maximum atomic E-state index is 6.19. The maximum absolute atomic E-state index is 6.19. The molecule has 2 aromatic rings. The molecule has 1 fully saturated rings. The lowest BCUT2D eigenvalue weighted by Gasteiger charge is -2.13. The number of aromatic nitrogens is 1. The van der Waals surface area contributed by atoms with Crippen LogP contribution in [0.4, 0.5) is 5.69 Å². The first-order chi connectivity index (χ1) is 10.2. The summed E-state index contributed by atoms with van der Waals surface area (Å²) >= 11 is 6.19. The van der Waals surface area contributed by atoms with Gasteiger partial charge < -0.3 is 15.8 Å². The highest BCUT2D eigenvalue weighted by molar-refractivity contribution is 6.32. The van der Waals surface area contributed by atoms with Gasteiger partial charge in [-0.15, -0.1) is 0 Å². The third kappa shape index (κ3) is 3.46. The van der Waals surface area contributed by atoms with E-state index >= 15 is 0 Å². The van der Waals surface area contributed by atoms with Crippen LogP contribution in [0.3, 0.4) is 0 Å². The predicted octanol–water partition coefficient (Wildman–Crippen LogP) is 3.12. The summed E-state index contributed by atoms with van der Waals surface area (Å²) in [6, 6.07) is 9.93. The van der Waals surface area contributed by atoms with Crippen molar-refractivity contribution in [2.75, 3.05) is 18.9 Å². The average molecular weight is 304 g/mol. The highest BCUT2D eigenvalue weighted by atomic mass is 35.5. The van der Waals surface area contributed by atoms with Gasteiger partial charge in [-0.25, -0.2) is 4.98 Å². The van der Waals surface area contributed by atoms with Crippen molar-refractivity contribution in [2.24, 2.45) is 0 Å². The van der Waals surface area contributed by atoms with Gasteiger partial charge in [-0.2, -0.15) is 0 Å². The van der Waals surface area contributed by atoms with E-state index in [0.29, 0.717) is 23.5 Å². The van der Waals surface area contributed by atoms with Crippen LogP contribution in [-0.4, -0.2) is 24.2 Å². The second kappa shape index (κ2) is 6.33. The zero-order chi connectivity index (χ0) is 14.7. The molecule has 1 aromatic carbocycles. The number of ether oxygens (including phenoxy) is 1. The Kier molecular flexibility index (Phi) is 4.27. The van der Waals surface area contributed by atoms with Gasteiger partial charge in [0.25, 0.3) is 0 Å². The molecule has 3 N–H and O–H groups in total. The summed E-state index contributed by atoms with van der Waals surface area (Å²) in [6.07, 6.45) is 4.03. The predicted molar refractivity (Wildman–Crippen MR) is 85.6 cm³/mol. The van der Waals surface area contributed by atoms with Crippen LogP contribution in [0.5, 0.6) is 5.75 Å². The molecular formula is C16H18ClN3O. The Morgan fingerprint density at radius 3 is 3.05 bits per heavy atom. The Morgan fingerprint density at radius 2 is 2.29 bits per heavy atom. The third-order valence-corrected chi connectivity index (χ3v) is 3.93. The highest BCUT2D eigenvalue weighted by Gasteiger charge is 2.15. The van der Waals surface area contributed by atoms with Gasteiger partial charge in [-0.3, -0.25) is 0 Å². The lowest BCUT2D eigenvalue weighted by atomic mass is 10.1. The largest absolute Gasteiger partial charge is 0.490 e. The maximum Gasteiger partial charge on any atom is 0.138 e. The van der Waals surface area contributed by atoms with Crippen molar-refractivity contribution in [3.8, 4) is 16.9 Å². The van der Waals surface area contributed by atoms with Gasteiger partial charge in [0.05, 0.1) is 6.20 Å². The van der Waals surface area contributed by atoms with Gasteiger partial charge >= 0.3 is 0 Å². The molecule has 3 rings (SSSR count). The summed E-state index contributed by atoms with van der Waals surface area (Å²) in [5.74, 6) is 0.727. The van der Waals surface area contributed by atoms with Crippen molar-refractivity contribution in [1.29, 1.82) is 0 Å². The Hall–Kier alpha value is -1.78. The molecule has 0 spiro atoms. The van der Waals surface area contributed by atoms with Crippen LogP contribution in [0, 0.1) is 0 Å². The molecule has 2 heterocycles. The minimum atomic E-state index is 0.427. The van der Waals surface area contributed by atoms with Gasteiger partial charge in [0.15, 0.2) is 0 Å². The first-order valence-corrected chi connectivity index (χ1v) is 7.48. The average Bonchev–Trinajstić information content (AvgIpc) is 3.00. The number of nitrogens with one attached hydrogen (secondary N) is 1. The Morgan fingerprint density at radius 1 is 1.38 bits per heavy atom. The fraction of sp³-hybridized carbons (Fsp3) is 0.312. The van der Waals surface area contributed by atoms with Crippen LogP contribution in [0.15, 0.2) is 36.5 Å². The molecular weight excluding hydrogens is 286 g/mol. The first-order valence-electron chi connectivity index (χ1n) is 7.10. The molecule has 1 aliphatic rings. The van der Waals surface area contributed by atoms with E-state index in [4.69, 9.17) is 22.1 Å². The fourth-order valence-electron chi connectivity index (χ4n) is 2.51. The Balaban J connectivity index is 1.79. The van der Waals surface area contributed by atoms with Gasteiger partial charge in [-0.1, -0.05) is 23.7 Å². The van der Waals surface area contributed by atoms with Crippen molar-refractivity contribution in [3.63, 3.8) is 0 Å². The number of benzene rings is 1. The van der Waals surface area contributed by atoms with E-state index in [2.05, 4.69) is 10.3 Å². The van der Waals surface area contributed by atoms with E-state index in [-0.39, 0.29) is 0 Å². The summed E-state index contributed by atoms with van der Waals surface area (Å²) in [5, 5.41) is 3.85. The summed E-state index contributed by atoms with van der Waals surface area (Å²) in [5.41, 5.74) is 8.30. The van der Waals surface area contributed by atoms with E-state index in [1.54, 1.807) is 6.20 Å². The van der Waals surface area contributed by atoms with E-state index in [1.165, 1.54) is 6.42 Å². The van der Waals surface area contributed by atoms with Crippen molar-refractivity contribution < 1.29 is 4.74 Å². The monoisotopic (exact) mass is 303 g/mol. The number of rotatable bonds is 4. The van der Waals surface area contributed by atoms with Crippen LogP contribution < -0.4 is 15.8 Å². The SMILES string of the molecule is Nc1cccc(-c2cc(OC[C@H]3CCCN3)cnc2Cl)c1. The van der Waals surface area contributed by atoms with Crippen LogP contribution >= 0.6 is 11.6 Å². The number of nitrogens with zero attached hydrogens (tertiary/aromatic N) is 1. The summed E-state index contributed by atoms with van der Waals surface area (Å²) in [6.45, 7) is 1.72. The highest BCUT2D eigenvalue weighted by Crippen LogP contribution is 2.30. The van der Waals surface area contributed by atoms with Crippen molar-refractivity contribution in [1.82, 2.24) is 10.3 Å². The third-order valence-electron chi connectivity index (χ3n) is 3.63. The second-order valence-corrected chi connectivity index (χ2v) is 5.60. The molecule has 1 aromatic heterocycles. The molecule has 1 atom stereocenters. The van der Waals surface area contributed by atoms with Crippen LogP contribution in [0.1, 0.15) is 12.8 Å². The summed E-state index contributed by atoms with van der Waals surface area (Å²) < 4.78 is 5.82. The quantitative estimate of drug-likeness (QED) is 0.673. The van der Waals surface area contributed by atoms with Crippen molar-refractivity contribution in [2.45, 2.75) is 18.9 Å². The van der Waals surface area contributed by atoms with Crippen molar-refractivity contribution in [3.05, 3.63) is 41.7 Å². The molecule has 5 heteroatoms. The van der Waals surface area contributed by atoms with Gasteiger partial charge in [0, 0.05) is 17.3 Å². The topological polar surface area (TPSA) is 60.2 Å². The molecule has 0 radical (unpaired) electrons. The van der Waals surface area contributed by atoms with E-state index in [1.807, 2.05) is 30.3 Å². The molecule has 0 unspecified atom stereocenters. The number of hydrogen-bond acceptors (Lipinski definition) is 4. The van der Waals surface area contributed by atoms with E-state index < -0.39 is 0 Å². The molecule has 21 heavy (non-hydrogen) atoms. The molecule has 110 valence electrons. The minimum Gasteiger partial charge on any atom is -0.490 e. The number of hydrogen-bond donors (Lipinski definition) is 2. The minimum absolute atomic E-state index is 0.427. The molecule has 0 saturated carbocycles. The molecule has 1 aliphatic heterocycles. The smallest absolute Gasteiger partial charge is 0.138 e. The normalized spacial score (nSPS) is 17.9. The number of anilines is 1. The molecule has 4 nitrogen and oxygen atoms in total. The fourth-order valence-corrected chi connectivity index (χ4v) is 2.72. The molecule has 0 aliphatic carbocycles. The van der Waals surface area contributed by atoms with Crippen LogP contribution in [0.2, 0.25) is 5.15 Å². The van der Waals surface area contributed by atoms with Gasteiger partial charge in [-0.05, 0) is 43.1 Å². The number of halogens is 1. The molecule has 1 saturated heterocycles. The number of pyridine rings is 1. The summed E-state index contributed by atoms with van der Waals surface area (Å²) in [7, 11) is 0.